The van der Waals surface area contributed by atoms with Crippen LogP contribution in [0.5, 0.6) is 5.19 Å². The summed E-state index contributed by atoms with van der Waals surface area (Å²) < 4.78 is 6.35. The minimum absolute atomic E-state index is 0.696. The van der Waals surface area contributed by atoms with Gasteiger partial charge < -0.3 is 10.1 Å². The molecule has 1 aromatic carbocycles. The molecule has 0 unspecified atom stereocenters. The molecule has 0 radical (unpaired) electrons. The van der Waals surface area contributed by atoms with Crippen LogP contribution >= 0.6 is 27.3 Å². The van der Waals surface area contributed by atoms with Gasteiger partial charge in [-0.1, -0.05) is 41.7 Å². The minimum atomic E-state index is 0.696. The number of nitrogens with zero attached hydrogens (tertiary/aromatic N) is 1. The van der Waals surface area contributed by atoms with E-state index in [0.717, 1.165) is 29.3 Å². The lowest BCUT2D eigenvalue weighted by Crippen LogP contribution is -2.16. The van der Waals surface area contributed by atoms with E-state index in [-0.39, 0.29) is 0 Å². The van der Waals surface area contributed by atoms with Gasteiger partial charge in [-0.3, -0.25) is 0 Å². The van der Waals surface area contributed by atoms with Gasteiger partial charge >= 0.3 is 0 Å². The van der Waals surface area contributed by atoms with Crippen molar-refractivity contribution in [2.24, 2.45) is 0 Å². The van der Waals surface area contributed by atoms with E-state index in [9.17, 15) is 0 Å². The second-order valence-corrected chi connectivity index (χ2v) is 5.43. The van der Waals surface area contributed by atoms with Crippen LogP contribution in [0.15, 0.2) is 40.3 Å². The summed E-state index contributed by atoms with van der Waals surface area (Å²) in [5.41, 5.74) is 1.31. The van der Waals surface area contributed by atoms with Crippen LogP contribution in [-0.2, 0) is 6.54 Å². The van der Waals surface area contributed by atoms with Crippen molar-refractivity contribution in [1.82, 2.24) is 10.3 Å². The lowest BCUT2D eigenvalue weighted by atomic mass is 10.2. The van der Waals surface area contributed by atoms with Crippen molar-refractivity contribution in [1.29, 1.82) is 0 Å². The number of nitrogens with one attached hydrogen (secondary N) is 1. The van der Waals surface area contributed by atoms with Crippen LogP contribution < -0.4 is 10.1 Å². The van der Waals surface area contributed by atoms with Gasteiger partial charge in [-0.2, -0.15) is 4.98 Å². The average Bonchev–Trinajstić information content (AvgIpc) is 2.81. The molecule has 2 aromatic rings. The molecule has 1 aromatic heterocycles. The summed E-state index contributed by atoms with van der Waals surface area (Å²) in [4.78, 5) is 4.17. The Morgan fingerprint density at radius 2 is 2.11 bits per heavy atom. The fraction of sp³-hybridized carbons (Fsp3) is 0.308. The highest BCUT2D eigenvalue weighted by atomic mass is 79.9. The Morgan fingerprint density at radius 3 is 2.83 bits per heavy atom. The summed E-state index contributed by atoms with van der Waals surface area (Å²) in [5, 5.41) is 6.03. The van der Waals surface area contributed by atoms with E-state index in [4.69, 9.17) is 4.74 Å². The Kier molecular flexibility index (Phi) is 5.64. The molecule has 0 atom stereocenters. The molecule has 0 spiro atoms. The smallest absolute Gasteiger partial charge is 0.274 e. The maximum atomic E-state index is 5.52. The normalized spacial score (nSPS) is 10.5. The van der Waals surface area contributed by atoms with Gasteiger partial charge in [-0.25, -0.2) is 0 Å². The molecule has 1 heterocycles. The Hall–Kier alpha value is -0.910. The number of halogens is 1. The molecule has 3 nitrogen and oxygen atoms in total. The Labute approximate surface area is 119 Å². The number of rotatable bonds is 7. The minimum Gasteiger partial charge on any atom is -0.470 e. The molecule has 0 saturated carbocycles. The molecule has 0 amide bonds. The third-order valence-corrected chi connectivity index (χ3v) is 3.81. The first-order chi connectivity index (χ1) is 8.84. The Balaban J connectivity index is 1.54. The zero-order chi connectivity index (χ0) is 12.6. The van der Waals surface area contributed by atoms with Gasteiger partial charge in [-0.15, -0.1) is 0 Å². The summed E-state index contributed by atoms with van der Waals surface area (Å²) in [6.45, 7) is 2.55. The highest BCUT2D eigenvalue weighted by molar-refractivity contribution is 9.10. The first-order valence-electron chi connectivity index (χ1n) is 5.83. The first kappa shape index (κ1) is 13.5. The van der Waals surface area contributed by atoms with Crippen LogP contribution in [0.1, 0.15) is 12.0 Å². The monoisotopic (exact) mass is 326 g/mol. The maximum absolute atomic E-state index is 5.52. The maximum Gasteiger partial charge on any atom is 0.274 e. The van der Waals surface area contributed by atoms with E-state index < -0.39 is 0 Å². The zero-order valence-corrected chi connectivity index (χ0v) is 12.3. The van der Waals surface area contributed by atoms with Crippen LogP contribution in [-0.4, -0.2) is 18.1 Å². The van der Waals surface area contributed by atoms with Gasteiger partial charge in [0.1, 0.15) is 4.60 Å². The van der Waals surface area contributed by atoms with Gasteiger partial charge in [0.05, 0.1) is 6.61 Å². The number of benzene rings is 1. The summed E-state index contributed by atoms with van der Waals surface area (Å²) in [6.07, 6.45) is 0.976. The van der Waals surface area contributed by atoms with E-state index in [1.165, 1.54) is 16.9 Å². The Morgan fingerprint density at radius 1 is 1.28 bits per heavy atom. The zero-order valence-electron chi connectivity index (χ0n) is 9.93. The van der Waals surface area contributed by atoms with Crippen molar-refractivity contribution >= 4 is 27.3 Å². The Bertz CT molecular complexity index is 461. The molecule has 1 N–H and O–H groups in total. The third kappa shape index (κ3) is 4.76. The number of thiazole rings is 1. The lowest BCUT2D eigenvalue weighted by Gasteiger charge is -2.05. The average molecular weight is 327 g/mol. The van der Waals surface area contributed by atoms with Crippen LogP contribution in [0.4, 0.5) is 0 Å². The van der Waals surface area contributed by atoms with E-state index in [1.807, 2.05) is 11.4 Å². The second kappa shape index (κ2) is 7.51. The molecule has 0 fully saturated rings. The number of ether oxygens (including phenoxy) is 1. The largest absolute Gasteiger partial charge is 0.470 e. The van der Waals surface area contributed by atoms with Crippen LogP contribution in [0, 0.1) is 0 Å². The molecule has 0 aliphatic heterocycles. The van der Waals surface area contributed by atoms with E-state index >= 15 is 0 Å². The van der Waals surface area contributed by atoms with Crippen molar-refractivity contribution < 1.29 is 4.74 Å². The van der Waals surface area contributed by atoms with E-state index in [1.54, 1.807) is 0 Å². The molecular formula is C13H15BrN2OS. The van der Waals surface area contributed by atoms with Gasteiger partial charge in [-0.05, 0) is 34.5 Å². The number of hydrogen-bond donors (Lipinski definition) is 1. The number of aromatic nitrogens is 1. The predicted molar refractivity (Wildman–Crippen MR) is 78.1 cm³/mol. The summed E-state index contributed by atoms with van der Waals surface area (Å²) in [6, 6.07) is 10.4. The molecule has 2 rings (SSSR count). The summed E-state index contributed by atoms with van der Waals surface area (Å²) in [7, 11) is 0. The summed E-state index contributed by atoms with van der Waals surface area (Å²) in [5.74, 6) is 0. The fourth-order valence-corrected chi connectivity index (χ4v) is 2.60. The highest BCUT2D eigenvalue weighted by Gasteiger charge is 1.99. The van der Waals surface area contributed by atoms with Gasteiger partial charge in [0.25, 0.3) is 5.19 Å². The number of hydrogen-bond acceptors (Lipinski definition) is 4. The second-order valence-electron chi connectivity index (χ2n) is 3.80. The van der Waals surface area contributed by atoms with Crippen molar-refractivity contribution in [2.75, 3.05) is 13.2 Å². The molecule has 5 heteroatoms. The quantitative estimate of drug-likeness (QED) is 0.791. The predicted octanol–water partition coefficient (Wildman–Crippen LogP) is 3.46. The molecule has 96 valence electrons. The molecule has 0 aliphatic carbocycles. The van der Waals surface area contributed by atoms with Gasteiger partial charge in [0.15, 0.2) is 0 Å². The van der Waals surface area contributed by atoms with Crippen molar-refractivity contribution in [3.63, 3.8) is 0 Å². The molecule has 0 saturated heterocycles. The topological polar surface area (TPSA) is 34.1 Å². The third-order valence-electron chi connectivity index (χ3n) is 2.35. The molecular weight excluding hydrogens is 312 g/mol. The van der Waals surface area contributed by atoms with Crippen LogP contribution in [0.25, 0.3) is 0 Å². The van der Waals surface area contributed by atoms with Gasteiger partial charge in [0.2, 0.25) is 0 Å². The molecule has 0 aliphatic rings. The van der Waals surface area contributed by atoms with E-state index in [0.29, 0.717) is 6.61 Å². The van der Waals surface area contributed by atoms with E-state index in [2.05, 4.69) is 50.5 Å². The molecule has 18 heavy (non-hydrogen) atoms. The van der Waals surface area contributed by atoms with Crippen molar-refractivity contribution in [3.8, 4) is 5.19 Å². The van der Waals surface area contributed by atoms with Crippen LogP contribution in [0.3, 0.4) is 0 Å². The van der Waals surface area contributed by atoms with Gasteiger partial charge in [0, 0.05) is 11.9 Å². The van der Waals surface area contributed by atoms with Crippen LogP contribution in [0.2, 0.25) is 0 Å². The molecule has 0 bridgehead atoms. The SMILES string of the molecule is Brc1csc(OCCCNCc2ccccc2)n1. The lowest BCUT2D eigenvalue weighted by molar-refractivity contribution is 0.306. The van der Waals surface area contributed by atoms with Crippen molar-refractivity contribution in [3.05, 3.63) is 45.9 Å². The highest BCUT2D eigenvalue weighted by Crippen LogP contribution is 2.21. The summed E-state index contributed by atoms with van der Waals surface area (Å²) >= 11 is 4.81. The fourth-order valence-electron chi connectivity index (χ4n) is 1.49. The standard InChI is InChI=1S/C13H15BrN2OS/c14-12-10-18-13(16-12)17-8-4-7-15-9-11-5-2-1-3-6-11/h1-3,5-6,10,15H,4,7-9H2. The van der Waals surface area contributed by atoms with Crippen molar-refractivity contribution in [2.45, 2.75) is 13.0 Å². The first-order valence-corrected chi connectivity index (χ1v) is 7.50.